The largest absolute Gasteiger partial charge is 0.346 e. The molecule has 2 heterocycles. The maximum Gasteiger partial charge on any atom is 0.315 e. The first-order valence-corrected chi connectivity index (χ1v) is 20.9. The fraction of sp³-hybridized carbons (Fsp3) is 0.730. The number of carbonyl (C=O) groups is 5. The first-order valence-electron chi connectivity index (χ1n) is 18.7. The van der Waals surface area contributed by atoms with Crippen molar-refractivity contribution in [3.63, 3.8) is 0 Å². The molecule has 1 aromatic heterocycles. The van der Waals surface area contributed by atoms with Crippen molar-refractivity contribution in [1.29, 1.82) is 0 Å². The fourth-order valence-electron chi connectivity index (χ4n) is 8.11. The molecule has 4 rings (SSSR count). The number of nitrogens with one attached hydrogen (secondary N) is 4. The second-order valence-electron chi connectivity index (χ2n) is 16.5. The molecule has 296 valence electrons. The number of fused-ring (bicyclic) bond motifs is 1. The molecule has 6 atom stereocenters. The highest BCUT2D eigenvalue weighted by molar-refractivity contribution is 7.91. The smallest absolute Gasteiger partial charge is 0.315 e. The van der Waals surface area contributed by atoms with Crippen LogP contribution >= 0.6 is 11.3 Å². The Morgan fingerprint density at radius 3 is 2.26 bits per heavy atom. The lowest BCUT2D eigenvalue weighted by Gasteiger charge is -2.38. The number of aryl methyl sites for hydroxylation is 2. The van der Waals surface area contributed by atoms with Crippen LogP contribution in [0, 0.1) is 42.4 Å². The van der Waals surface area contributed by atoms with Crippen molar-refractivity contribution >= 4 is 50.9 Å². The van der Waals surface area contributed by atoms with Crippen LogP contribution in [0.1, 0.15) is 90.8 Å². The summed E-state index contributed by atoms with van der Waals surface area (Å²) in [7, 11) is -2.36. The number of aromatic nitrogens is 1. The van der Waals surface area contributed by atoms with Crippen LogP contribution in [-0.2, 0) is 29.2 Å². The second-order valence-corrected chi connectivity index (χ2v) is 20.0. The Balaban J connectivity index is 1.53. The molecule has 1 saturated heterocycles. The van der Waals surface area contributed by atoms with Gasteiger partial charge in [0.05, 0.1) is 16.7 Å². The average molecular weight is 778 g/mol. The average Bonchev–Trinajstić information content (AvgIpc) is 3.39. The molecule has 3 fully saturated rings. The Bertz CT molecular complexity index is 1680. The van der Waals surface area contributed by atoms with E-state index < -0.39 is 69.1 Å². The zero-order chi connectivity index (χ0) is 39.6. The van der Waals surface area contributed by atoms with Gasteiger partial charge >= 0.3 is 6.03 Å². The van der Waals surface area contributed by atoms with E-state index in [4.69, 9.17) is 0 Å². The van der Waals surface area contributed by atoms with Gasteiger partial charge in [0.15, 0.2) is 4.21 Å². The number of nitrogens with zero attached hydrogens (tertiary/aromatic N) is 3. The first kappa shape index (κ1) is 42.4. The van der Waals surface area contributed by atoms with Crippen molar-refractivity contribution < 1.29 is 32.4 Å². The lowest BCUT2D eigenvalue weighted by Crippen LogP contribution is -2.62. The molecule has 1 aromatic rings. The van der Waals surface area contributed by atoms with Gasteiger partial charge in [0.25, 0.3) is 15.9 Å². The van der Waals surface area contributed by atoms with E-state index in [0.717, 1.165) is 43.4 Å². The van der Waals surface area contributed by atoms with Gasteiger partial charge in [0, 0.05) is 32.7 Å². The summed E-state index contributed by atoms with van der Waals surface area (Å²) < 4.78 is 28.7. The third-order valence-electron chi connectivity index (χ3n) is 11.3. The standard InChI is InChI=1S/C37H59N7O7S2/c1-11-18-38-32(47)29(45)25(12-2)40-31(46)28-27-24(37(27,8)9)19-44(28)33(48)30(36(5,6)7)42-35(49)41-26(23-16-14-13-15-17-23)20-43(10)53(50,51)34-21(3)39-22(4)52-34/h11,23-28,30H,1,12-20H2,2-10H3,(H,38,47)(H,40,46)(H2,41,42,49)/t24-,25?,26+,27-,28-,30+/m0/s1. The number of thiazole rings is 1. The lowest BCUT2D eigenvalue weighted by molar-refractivity contribution is -0.145. The van der Waals surface area contributed by atoms with Gasteiger partial charge < -0.3 is 26.2 Å². The number of amides is 5. The Hall–Kier alpha value is -3.37. The Morgan fingerprint density at radius 2 is 1.72 bits per heavy atom. The van der Waals surface area contributed by atoms with Crippen LogP contribution < -0.4 is 21.3 Å². The quantitative estimate of drug-likeness (QED) is 0.154. The van der Waals surface area contributed by atoms with Gasteiger partial charge in [-0.1, -0.05) is 66.9 Å². The number of hydrogen-bond donors (Lipinski definition) is 4. The van der Waals surface area contributed by atoms with E-state index in [1.165, 1.54) is 22.3 Å². The van der Waals surface area contributed by atoms with Crippen molar-refractivity contribution in [3.05, 3.63) is 23.4 Å². The zero-order valence-electron chi connectivity index (χ0n) is 32.7. The van der Waals surface area contributed by atoms with Crippen LogP contribution in [0.25, 0.3) is 0 Å². The molecule has 2 aliphatic carbocycles. The third-order valence-corrected chi connectivity index (χ3v) is 14.8. The number of likely N-dealkylation sites (tertiary alicyclic amines) is 1. The van der Waals surface area contributed by atoms with E-state index in [1.807, 2.05) is 34.6 Å². The van der Waals surface area contributed by atoms with E-state index in [9.17, 15) is 32.4 Å². The van der Waals surface area contributed by atoms with Gasteiger partial charge in [-0.05, 0) is 61.7 Å². The zero-order valence-corrected chi connectivity index (χ0v) is 34.3. The number of urea groups is 1. The highest BCUT2D eigenvalue weighted by Gasteiger charge is 2.70. The summed E-state index contributed by atoms with van der Waals surface area (Å²) >= 11 is 1.12. The van der Waals surface area contributed by atoms with Crippen LogP contribution in [-0.4, -0.2) is 103 Å². The predicted molar refractivity (Wildman–Crippen MR) is 203 cm³/mol. The number of ketones is 1. The van der Waals surface area contributed by atoms with E-state index in [0.29, 0.717) is 17.2 Å². The maximum atomic E-state index is 14.5. The van der Waals surface area contributed by atoms with Crippen LogP contribution in [0.5, 0.6) is 0 Å². The lowest BCUT2D eigenvalue weighted by atomic mass is 9.83. The molecule has 0 spiro atoms. The summed E-state index contributed by atoms with van der Waals surface area (Å²) in [5.74, 6) is -2.63. The molecule has 14 nitrogen and oxygen atoms in total. The molecular weight excluding hydrogens is 719 g/mol. The Labute approximate surface area is 318 Å². The predicted octanol–water partition coefficient (Wildman–Crippen LogP) is 3.29. The molecule has 1 unspecified atom stereocenters. The van der Waals surface area contributed by atoms with E-state index in [2.05, 4.69) is 32.8 Å². The Morgan fingerprint density at radius 1 is 1.08 bits per heavy atom. The van der Waals surface area contributed by atoms with Gasteiger partial charge in [0.2, 0.25) is 17.6 Å². The minimum Gasteiger partial charge on any atom is -0.346 e. The van der Waals surface area contributed by atoms with Gasteiger partial charge in [-0.15, -0.1) is 17.9 Å². The molecule has 1 aliphatic heterocycles. The van der Waals surface area contributed by atoms with Crippen molar-refractivity contribution in [3.8, 4) is 0 Å². The van der Waals surface area contributed by atoms with Crippen LogP contribution in [0.3, 0.4) is 0 Å². The number of rotatable bonds is 15. The highest BCUT2D eigenvalue weighted by atomic mass is 32.2. The minimum atomic E-state index is -3.87. The van der Waals surface area contributed by atoms with Gasteiger partial charge in [0.1, 0.15) is 12.1 Å². The van der Waals surface area contributed by atoms with E-state index in [1.54, 1.807) is 20.8 Å². The van der Waals surface area contributed by atoms with Crippen molar-refractivity contribution in [1.82, 2.24) is 35.5 Å². The molecule has 3 aliphatic rings. The molecule has 0 radical (unpaired) electrons. The topological polar surface area (TPSA) is 187 Å². The van der Waals surface area contributed by atoms with Crippen molar-refractivity contribution in [2.75, 3.05) is 26.7 Å². The normalized spacial score (nSPS) is 23.0. The second kappa shape index (κ2) is 16.6. The summed E-state index contributed by atoms with van der Waals surface area (Å²) in [6.07, 6.45) is 6.31. The van der Waals surface area contributed by atoms with Gasteiger partial charge in [-0.3, -0.25) is 19.2 Å². The summed E-state index contributed by atoms with van der Waals surface area (Å²) in [6, 6.07) is -4.13. The molecule has 5 amide bonds. The molecule has 53 heavy (non-hydrogen) atoms. The summed E-state index contributed by atoms with van der Waals surface area (Å²) in [4.78, 5) is 73.5. The molecule has 4 N–H and O–H groups in total. The number of sulfonamides is 1. The number of Topliss-reactive ketones (excluding diaryl/α,β-unsaturated/α-hetero) is 1. The number of likely N-dealkylation sites (N-methyl/N-ethyl adjacent to an activating group) is 1. The Kier molecular flexibility index (Phi) is 13.2. The monoisotopic (exact) mass is 777 g/mol. The van der Waals surface area contributed by atoms with Gasteiger partial charge in [-0.2, -0.15) is 4.31 Å². The summed E-state index contributed by atoms with van der Waals surface area (Å²) in [5.41, 5.74) is -0.555. The van der Waals surface area contributed by atoms with E-state index >= 15 is 0 Å². The van der Waals surface area contributed by atoms with Crippen LogP contribution in [0.15, 0.2) is 16.9 Å². The summed E-state index contributed by atoms with van der Waals surface area (Å²) in [5, 5.41) is 11.8. The van der Waals surface area contributed by atoms with E-state index in [-0.39, 0.29) is 46.9 Å². The number of piperidine rings is 1. The SMILES string of the molecule is C=CCNC(=O)C(=O)C(CC)NC(=O)[C@@H]1[C@@H]2[C@H](CN1C(=O)[C@@H](NC(=O)N[C@H](CN(C)S(=O)(=O)c1sc(C)nc1C)C1CCCCC1)C(C)(C)C)C2(C)C. The fourth-order valence-corrected chi connectivity index (χ4v) is 11.0. The highest BCUT2D eigenvalue weighted by Crippen LogP contribution is 2.65. The van der Waals surface area contributed by atoms with Crippen LogP contribution in [0.2, 0.25) is 0 Å². The number of hydrogen-bond acceptors (Lipinski definition) is 9. The molecule has 16 heteroatoms. The van der Waals surface area contributed by atoms with Gasteiger partial charge in [-0.25, -0.2) is 18.2 Å². The number of carbonyl (C=O) groups excluding carboxylic acids is 5. The minimum absolute atomic E-state index is 0.0364. The molecule has 2 saturated carbocycles. The summed E-state index contributed by atoms with van der Waals surface area (Å²) in [6.45, 7) is 18.7. The third kappa shape index (κ3) is 9.30. The van der Waals surface area contributed by atoms with Crippen LogP contribution in [0.4, 0.5) is 4.79 Å². The van der Waals surface area contributed by atoms with Crippen molar-refractivity contribution in [2.45, 2.75) is 122 Å². The molecular formula is C37H59N7O7S2. The first-order chi connectivity index (χ1) is 24.7. The van der Waals surface area contributed by atoms with Crippen molar-refractivity contribution in [2.24, 2.45) is 28.6 Å². The maximum absolute atomic E-state index is 14.5. The molecule has 0 aromatic carbocycles. The molecule has 0 bridgehead atoms.